The van der Waals surface area contributed by atoms with Gasteiger partial charge in [0.1, 0.15) is 17.2 Å². The van der Waals surface area contributed by atoms with E-state index in [9.17, 15) is 4.79 Å². The predicted molar refractivity (Wildman–Crippen MR) is 72.0 cm³/mol. The minimum atomic E-state index is -0.181. The van der Waals surface area contributed by atoms with Gasteiger partial charge < -0.3 is 9.47 Å². The molecule has 0 spiro atoms. The van der Waals surface area contributed by atoms with Gasteiger partial charge in [0.15, 0.2) is 0 Å². The minimum Gasteiger partial charge on any atom is -0.497 e. The molecule has 98 valence electrons. The van der Waals surface area contributed by atoms with E-state index in [1.807, 2.05) is 13.0 Å². The molecular weight excluding hydrogens is 242 g/mol. The second-order valence-electron chi connectivity index (χ2n) is 4.11. The number of nitrogens with zero attached hydrogens (tertiary/aromatic N) is 1. The average molecular weight is 257 g/mol. The maximum atomic E-state index is 12.4. The van der Waals surface area contributed by atoms with Crippen LogP contribution in [0.1, 0.15) is 21.6 Å². The summed E-state index contributed by atoms with van der Waals surface area (Å²) in [5, 5.41) is 0. The third kappa shape index (κ3) is 2.73. The van der Waals surface area contributed by atoms with E-state index < -0.39 is 0 Å². The molecular formula is C15H15NO3. The Balaban J connectivity index is 2.48. The highest BCUT2D eigenvalue weighted by molar-refractivity contribution is 6.09. The number of hydrogen-bond acceptors (Lipinski definition) is 4. The van der Waals surface area contributed by atoms with Crippen molar-refractivity contribution >= 4 is 5.78 Å². The molecule has 0 bridgehead atoms. The van der Waals surface area contributed by atoms with Gasteiger partial charge in [-0.1, -0.05) is 0 Å². The van der Waals surface area contributed by atoms with Crippen LogP contribution < -0.4 is 9.47 Å². The summed E-state index contributed by atoms with van der Waals surface area (Å²) < 4.78 is 10.3. The highest BCUT2D eigenvalue weighted by atomic mass is 16.5. The van der Waals surface area contributed by atoms with Gasteiger partial charge in [0.2, 0.25) is 5.78 Å². The summed E-state index contributed by atoms with van der Waals surface area (Å²) in [5.41, 5.74) is 1.83. The molecule has 2 rings (SSSR count). The van der Waals surface area contributed by atoms with Crippen molar-refractivity contribution in [2.45, 2.75) is 6.92 Å². The zero-order valence-corrected chi connectivity index (χ0v) is 11.1. The average Bonchev–Trinajstić information content (AvgIpc) is 2.45. The molecule has 4 nitrogen and oxygen atoms in total. The number of carbonyl (C=O) groups is 1. The van der Waals surface area contributed by atoms with Crippen molar-refractivity contribution < 1.29 is 14.3 Å². The Kier molecular flexibility index (Phi) is 3.80. The van der Waals surface area contributed by atoms with E-state index >= 15 is 0 Å². The van der Waals surface area contributed by atoms with E-state index in [1.165, 1.54) is 7.11 Å². The third-order valence-corrected chi connectivity index (χ3v) is 2.80. The lowest BCUT2D eigenvalue weighted by Crippen LogP contribution is -2.06. The van der Waals surface area contributed by atoms with Crippen molar-refractivity contribution in [3.05, 3.63) is 53.3 Å². The smallest absolute Gasteiger partial charge is 0.215 e. The number of methoxy groups -OCH3 is 2. The van der Waals surface area contributed by atoms with Gasteiger partial charge in [-0.3, -0.25) is 9.78 Å². The molecule has 2 aromatic rings. The Morgan fingerprint density at radius 3 is 2.53 bits per heavy atom. The van der Waals surface area contributed by atoms with E-state index in [4.69, 9.17) is 9.47 Å². The molecule has 0 N–H and O–H groups in total. The maximum Gasteiger partial charge on any atom is 0.215 e. The van der Waals surface area contributed by atoms with Crippen LogP contribution in [0.25, 0.3) is 0 Å². The third-order valence-electron chi connectivity index (χ3n) is 2.80. The van der Waals surface area contributed by atoms with Gasteiger partial charge in [-0.05, 0) is 42.8 Å². The fourth-order valence-electron chi connectivity index (χ4n) is 1.79. The number of pyridine rings is 1. The topological polar surface area (TPSA) is 48.4 Å². The molecule has 0 saturated carbocycles. The predicted octanol–water partition coefficient (Wildman–Crippen LogP) is 2.64. The van der Waals surface area contributed by atoms with Crippen LogP contribution in [0.3, 0.4) is 0 Å². The molecule has 0 saturated heterocycles. The van der Waals surface area contributed by atoms with Gasteiger partial charge in [-0.15, -0.1) is 0 Å². The number of hydrogen-bond donors (Lipinski definition) is 0. The summed E-state index contributed by atoms with van der Waals surface area (Å²) in [4.78, 5) is 16.5. The zero-order chi connectivity index (χ0) is 13.8. The van der Waals surface area contributed by atoms with Crippen LogP contribution in [-0.4, -0.2) is 25.0 Å². The number of aromatic nitrogens is 1. The summed E-state index contributed by atoms with van der Waals surface area (Å²) in [6, 6.07) is 8.72. The van der Waals surface area contributed by atoms with Crippen molar-refractivity contribution in [3.8, 4) is 11.5 Å². The van der Waals surface area contributed by atoms with Gasteiger partial charge in [0.25, 0.3) is 0 Å². The minimum absolute atomic E-state index is 0.181. The molecule has 19 heavy (non-hydrogen) atoms. The Bertz CT molecular complexity index is 608. The fourth-order valence-corrected chi connectivity index (χ4v) is 1.79. The highest BCUT2D eigenvalue weighted by Gasteiger charge is 2.16. The second kappa shape index (κ2) is 5.52. The molecule has 0 atom stereocenters. The first-order valence-electron chi connectivity index (χ1n) is 5.85. The lowest BCUT2D eigenvalue weighted by atomic mass is 10.1. The SMILES string of the molecule is COc1ccc(OC)c(C(=O)c2cc(C)ccn2)c1. The Morgan fingerprint density at radius 2 is 1.89 bits per heavy atom. The van der Waals surface area contributed by atoms with E-state index in [0.717, 1.165) is 5.56 Å². The van der Waals surface area contributed by atoms with Gasteiger partial charge in [0.05, 0.1) is 19.8 Å². The number of benzene rings is 1. The second-order valence-corrected chi connectivity index (χ2v) is 4.11. The van der Waals surface area contributed by atoms with Crippen LogP contribution in [0.2, 0.25) is 0 Å². The lowest BCUT2D eigenvalue weighted by Gasteiger charge is -2.09. The van der Waals surface area contributed by atoms with Crippen molar-refractivity contribution in [2.24, 2.45) is 0 Å². The summed E-state index contributed by atoms with van der Waals surface area (Å²) >= 11 is 0. The first-order chi connectivity index (χ1) is 9.15. The number of carbonyl (C=O) groups excluding carboxylic acids is 1. The Hall–Kier alpha value is -2.36. The fraction of sp³-hybridized carbons (Fsp3) is 0.200. The van der Waals surface area contributed by atoms with Gasteiger partial charge in [-0.2, -0.15) is 0 Å². The van der Waals surface area contributed by atoms with Crippen LogP contribution in [0.15, 0.2) is 36.5 Å². The number of ether oxygens (including phenoxy) is 2. The first kappa shape index (κ1) is 13.1. The van der Waals surface area contributed by atoms with Crippen LogP contribution in [0.4, 0.5) is 0 Å². The molecule has 0 aliphatic rings. The number of ketones is 1. The molecule has 1 aromatic heterocycles. The van der Waals surface area contributed by atoms with Crippen molar-refractivity contribution in [2.75, 3.05) is 14.2 Å². The molecule has 0 aliphatic carbocycles. The molecule has 4 heteroatoms. The van der Waals surface area contributed by atoms with E-state index in [-0.39, 0.29) is 5.78 Å². The zero-order valence-electron chi connectivity index (χ0n) is 11.1. The molecule has 0 aliphatic heterocycles. The maximum absolute atomic E-state index is 12.4. The molecule has 0 amide bonds. The summed E-state index contributed by atoms with van der Waals surface area (Å²) in [5.74, 6) is 0.936. The largest absolute Gasteiger partial charge is 0.497 e. The molecule has 1 heterocycles. The van der Waals surface area contributed by atoms with Gasteiger partial charge >= 0.3 is 0 Å². The van der Waals surface area contributed by atoms with E-state index in [1.54, 1.807) is 37.6 Å². The summed E-state index contributed by atoms with van der Waals surface area (Å²) in [7, 11) is 3.09. The van der Waals surface area contributed by atoms with Crippen LogP contribution >= 0.6 is 0 Å². The van der Waals surface area contributed by atoms with Crippen molar-refractivity contribution in [1.82, 2.24) is 4.98 Å². The molecule has 1 aromatic carbocycles. The molecule has 0 fully saturated rings. The number of aryl methyl sites for hydroxylation is 1. The Morgan fingerprint density at radius 1 is 1.11 bits per heavy atom. The lowest BCUT2D eigenvalue weighted by molar-refractivity contribution is 0.103. The quantitative estimate of drug-likeness (QED) is 0.790. The van der Waals surface area contributed by atoms with Gasteiger partial charge in [-0.25, -0.2) is 0 Å². The first-order valence-corrected chi connectivity index (χ1v) is 5.85. The van der Waals surface area contributed by atoms with Crippen molar-refractivity contribution in [1.29, 1.82) is 0 Å². The van der Waals surface area contributed by atoms with E-state index in [0.29, 0.717) is 22.8 Å². The monoisotopic (exact) mass is 257 g/mol. The van der Waals surface area contributed by atoms with E-state index in [2.05, 4.69) is 4.98 Å². The van der Waals surface area contributed by atoms with Gasteiger partial charge in [0, 0.05) is 6.20 Å². The van der Waals surface area contributed by atoms with Crippen LogP contribution in [0.5, 0.6) is 11.5 Å². The molecule has 0 unspecified atom stereocenters. The van der Waals surface area contributed by atoms with Crippen molar-refractivity contribution in [3.63, 3.8) is 0 Å². The summed E-state index contributed by atoms with van der Waals surface area (Å²) in [6.45, 7) is 1.92. The number of rotatable bonds is 4. The Labute approximate surface area is 112 Å². The molecule has 0 radical (unpaired) electrons. The normalized spacial score (nSPS) is 10.1. The highest BCUT2D eigenvalue weighted by Crippen LogP contribution is 2.26. The van der Waals surface area contributed by atoms with Crippen LogP contribution in [-0.2, 0) is 0 Å². The van der Waals surface area contributed by atoms with Crippen LogP contribution in [0, 0.1) is 6.92 Å². The summed E-state index contributed by atoms with van der Waals surface area (Å²) in [6.07, 6.45) is 1.62. The standard InChI is InChI=1S/C15H15NO3/c1-10-6-7-16-13(8-10)15(17)12-9-11(18-2)4-5-14(12)19-3/h4-9H,1-3H3.